The molecule has 40 heavy (non-hydrogen) atoms. The number of oxime groups is 1. The van der Waals surface area contributed by atoms with Crippen molar-refractivity contribution in [2.24, 2.45) is 5.16 Å². The number of nitrogen functional groups attached to an aromatic ring is 1. The highest BCUT2D eigenvalue weighted by molar-refractivity contribution is 8.93. The Morgan fingerprint density at radius 1 is 1.18 bits per heavy atom. The zero-order chi connectivity index (χ0) is 27.5. The number of fused-ring (bicyclic) bond motifs is 1. The summed E-state index contributed by atoms with van der Waals surface area (Å²) in [5.41, 5.74) is 7.52. The van der Waals surface area contributed by atoms with Crippen molar-refractivity contribution in [3.8, 4) is 0 Å². The van der Waals surface area contributed by atoms with Gasteiger partial charge >= 0.3 is 5.97 Å². The highest BCUT2D eigenvalue weighted by atomic mass is 79.9. The Kier molecular flexibility index (Phi) is 9.07. The Hall–Kier alpha value is -3.94. The summed E-state index contributed by atoms with van der Waals surface area (Å²) in [6, 6.07) is 17.7. The molecule has 3 heterocycles. The largest absolute Gasteiger partial charge is 0.448 e. The van der Waals surface area contributed by atoms with Crippen molar-refractivity contribution in [3.63, 3.8) is 0 Å². The number of hydrogen-bond donors (Lipinski definition) is 3. The molecule has 2 atom stereocenters. The van der Waals surface area contributed by atoms with Crippen LogP contribution in [0, 0.1) is 0 Å². The third-order valence-corrected chi connectivity index (χ3v) is 8.21. The fourth-order valence-corrected chi connectivity index (χ4v) is 6.24. The third-order valence-electron chi connectivity index (χ3n) is 6.23. The molecule has 1 fully saturated rings. The van der Waals surface area contributed by atoms with Crippen LogP contribution in [0.3, 0.4) is 0 Å². The van der Waals surface area contributed by atoms with Gasteiger partial charge in [0.2, 0.25) is 0 Å². The van der Waals surface area contributed by atoms with Gasteiger partial charge in [0.25, 0.3) is 11.8 Å². The summed E-state index contributed by atoms with van der Waals surface area (Å²) in [4.78, 5) is 45.0. The molecule has 3 aromatic rings. The molecule has 1 unspecified atom stereocenters. The number of anilines is 1. The van der Waals surface area contributed by atoms with Crippen LogP contribution in [0.1, 0.15) is 22.9 Å². The number of halogens is 1. The molecule has 1 aromatic heterocycles. The van der Waals surface area contributed by atoms with Crippen molar-refractivity contribution in [3.05, 3.63) is 107 Å². The topological polar surface area (TPSA) is 147 Å². The SMILES string of the molecule is Br.C=CC1=C(C(=O)OC(c2ccccc2)c2ccccc2)N2C(=O)C(NC(=O)/C(=N\O)c3csc(N)n3)[C@H]2SC1. The maximum atomic E-state index is 13.6. The quantitative estimate of drug-likeness (QED) is 0.111. The number of benzene rings is 2. The average Bonchev–Trinajstić information content (AvgIpc) is 3.40. The zero-order valence-corrected chi connectivity index (χ0v) is 24.1. The van der Waals surface area contributed by atoms with Gasteiger partial charge in [-0.1, -0.05) is 78.5 Å². The van der Waals surface area contributed by atoms with E-state index >= 15 is 0 Å². The number of β-lactam (4-membered cyclic amide) rings is 1. The summed E-state index contributed by atoms with van der Waals surface area (Å²) < 4.78 is 6.02. The van der Waals surface area contributed by atoms with Crippen molar-refractivity contribution in [1.29, 1.82) is 0 Å². The number of nitrogens with one attached hydrogen (secondary N) is 1. The van der Waals surface area contributed by atoms with E-state index in [1.54, 1.807) is 0 Å². The molecule has 0 radical (unpaired) electrons. The molecule has 2 aromatic carbocycles. The Morgan fingerprint density at radius 2 is 1.80 bits per heavy atom. The van der Waals surface area contributed by atoms with Gasteiger partial charge in [0.15, 0.2) is 16.9 Å². The van der Waals surface area contributed by atoms with E-state index in [0.717, 1.165) is 22.5 Å². The number of amides is 2. The molecule has 4 N–H and O–H groups in total. The van der Waals surface area contributed by atoms with Gasteiger partial charge in [-0.05, 0) is 16.7 Å². The summed E-state index contributed by atoms with van der Waals surface area (Å²) in [6.07, 6.45) is 0.828. The minimum atomic E-state index is -0.955. The maximum absolute atomic E-state index is 13.6. The molecule has 0 aliphatic carbocycles. The van der Waals surface area contributed by atoms with Crippen molar-refractivity contribution < 1.29 is 24.3 Å². The van der Waals surface area contributed by atoms with Gasteiger partial charge in [-0.2, -0.15) is 0 Å². The normalized spacial score (nSPS) is 18.4. The molecular weight excluding hydrogens is 618 g/mol. The van der Waals surface area contributed by atoms with E-state index in [1.165, 1.54) is 28.1 Å². The summed E-state index contributed by atoms with van der Waals surface area (Å²) >= 11 is 2.45. The molecule has 2 aliphatic heterocycles. The van der Waals surface area contributed by atoms with E-state index in [4.69, 9.17) is 10.5 Å². The summed E-state index contributed by atoms with van der Waals surface area (Å²) in [7, 11) is 0. The molecule has 13 heteroatoms. The van der Waals surface area contributed by atoms with Gasteiger partial charge in [-0.3, -0.25) is 14.5 Å². The summed E-state index contributed by atoms with van der Waals surface area (Å²) in [5.74, 6) is -1.60. The molecule has 0 bridgehead atoms. The highest BCUT2D eigenvalue weighted by Crippen LogP contribution is 2.42. The number of carbonyl (C=O) groups excluding carboxylic acids is 3. The number of aromatic nitrogens is 1. The van der Waals surface area contributed by atoms with Crippen molar-refractivity contribution in [1.82, 2.24) is 15.2 Å². The van der Waals surface area contributed by atoms with Crippen molar-refractivity contribution >= 4 is 68.7 Å². The second-order valence-electron chi connectivity index (χ2n) is 8.57. The molecule has 206 valence electrons. The van der Waals surface area contributed by atoms with Crippen LogP contribution < -0.4 is 11.1 Å². The monoisotopic (exact) mass is 641 g/mol. The molecular formula is C27H24BrN5O5S2. The Bertz CT molecular complexity index is 1460. The van der Waals surface area contributed by atoms with Gasteiger partial charge in [0.05, 0.1) is 0 Å². The minimum Gasteiger partial charge on any atom is -0.448 e. The number of carbonyl (C=O) groups is 3. The predicted molar refractivity (Wildman–Crippen MR) is 158 cm³/mol. The molecule has 1 saturated heterocycles. The zero-order valence-electron chi connectivity index (χ0n) is 20.8. The second kappa shape index (κ2) is 12.5. The first-order chi connectivity index (χ1) is 18.9. The minimum absolute atomic E-state index is 0. The number of thiazole rings is 1. The molecule has 10 nitrogen and oxygen atoms in total. The lowest BCUT2D eigenvalue weighted by Gasteiger charge is -2.49. The molecule has 0 saturated carbocycles. The second-order valence-corrected chi connectivity index (χ2v) is 10.6. The first-order valence-corrected chi connectivity index (χ1v) is 13.7. The summed E-state index contributed by atoms with van der Waals surface area (Å²) in [6.45, 7) is 3.81. The van der Waals surface area contributed by atoms with Gasteiger partial charge in [-0.15, -0.1) is 40.1 Å². The molecule has 0 spiro atoms. The first-order valence-electron chi connectivity index (χ1n) is 11.8. The van der Waals surface area contributed by atoms with E-state index in [1.807, 2.05) is 60.7 Å². The van der Waals surface area contributed by atoms with Crippen molar-refractivity contribution in [2.75, 3.05) is 11.5 Å². The number of esters is 1. The Labute approximate surface area is 248 Å². The Balaban J connectivity index is 0.00000370. The van der Waals surface area contributed by atoms with Crippen LogP contribution in [0.25, 0.3) is 0 Å². The average molecular weight is 643 g/mol. The van der Waals surface area contributed by atoms with Crippen LogP contribution in [0.4, 0.5) is 5.13 Å². The van der Waals surface area contributed by atoms with Crippen LogP contribution in [-0.2, 0) is 19.1 Å². The number of hydrogen-bond acceptors (Lipinski definition) is 10. The number of nitrogens with two attached hydrogens (primary N) is 1. The van der Waals surface area contributed by atoms with Crippen LogP contribution in [0.2, 0.25) is 0 Å². The van der Waals surface area contributed by atoms with E-state index in [2.05, 4.69) is 22.0 Å². The number of nitrogens with zero attached hydrogens (tertiary/aromatic N) is 3. The number of allylic oxidation sites excluding steroid dienone is 1. The highest BCUT2D eigenvalue weighted by Gasteiger charge is 2.54. The summed E-state index contributed by atoms with van der Waals surface area (Å²) in [5, 5.41) is 16.1. The number of rotatable bonds is 8. The maximum Gasteiger partial charge on any atom is 0.356 e. The third kappa shape index (κ3) is 5.53. The fraction of sp³-hybridized carbons (Fsp3) is 0.148. The van der Waals surface area contributed by atoms with Crippen LogP contribution in [0.15, 0.2) is 95.1 Å². The Morgan fingerprint density at radius 3 is 2.33 bits per heavy atom. The fourth-order valence-electron chi connectivity index (χ4n) is 4.35. The lowest BCUT2D eigenvalue weighted by molar-refractivity contribution is -0.154. The molecule has 2 amide bonds. The molecule has 2 aliphatic rings. The lowest BCUT2D eigenvalue weighted by Crippen LogP contribution is -2.71. The van der Waals surface area contributed by atoms with Crippen LogP contribution in [0.5, 0.6) is 0 Å². The van der Waals surface area contributed by atoms with Crippen LogP contribution in [-0.4, -0.2) is 55.8 Å². The first kappa shape index (κ1) is 29.1. The number of ether oxygens (including phenoxy) is 1. The lowest BCUT2D eigenvalue weighted by atomic mass is 10.0. The smallest absolute Gasteiger partial charge is 0.356 e. The predicted octanol–water partition coefficient (Wildman–Crippen LogP) is 3.65. The standard InChI is InChI=1S/C27H23N5O5S2.BrH/c1-2-15-13-38-25-20(30-23(33)19(31-36)18-14-39-27(28)29-18)24(34)32(25)21(15)26(35)37-22(16-9-5-3-6-10-16)17-11-7-4-8-12-17;/h2-12,14,20,22,25,36H,1,13H2,(H2,28,29)(H,30,33);1H/b31-19-;/t20?,25-;/m1./s1. The van der Waals surface area contributed by atoms with E-state index in [0.29, 0.717) is 11.3 Å². The van der Waals surface area contributed by atoms with E-state index < -0.39 is 35.3 Å². The van der Waals surface area contributed by atoms with Gasteiger partial charge in [0, 0.05) is 11.1 Å². The van der Waals surface area contributed by atoms with Crippen molar-refractivity contribution in [2.45, 2.75) is 17.5 Å². The van der Waals surface area contributed by atoms with Gasteiger partial charge in [0.1, 0.15) is 22.8 Å². The van der Waals surface area contributed by atoms with E-state index in [-0.39, 0.29) is 39.2 Å². The van der Waals surface area contributed by atoms with Gasteiger partial charge < -0.3 is 21.0 Å². The number of thioether (sulfide) groups is 1. The van der Waals surface area contributed by atoms with Gasteiger partial charge in [-0.25, -0.2) is 9.78 Å². The van der Waals surface area contributed by atoms with Crippen LogP contribution >= 0.6 is 40.1 Å². The van der Waals surface area contributed by atoms with E-state index in [9.17, 15) is 19.6 Å². The molecule has 5 rings (SSSR count).